The lowest BCUT2D eigenvalue weighted by Gasteiger charge is -2.20. The van der Waals surface area contributed by atoms with Gasteiger partial charge in [-0.1, -0.05) is 0 Å². The number of hydrogen-bond acceptors (Lipinski definition) is 4. The van der Waals surface area contributed by atoms with E-state index >= 15 is 0 Å². The van der Waals surface area contributed by atoms with Gasteiger partial charge in [0.2, 0.25) is 0 Å². The molecule has 0 spiro atoms. The highest BCUT2D eigenvalue weighted by Gasteiger charge is 2.20. The Balaban J connectivity index is 1.97. The third-order valence-corrected chi connectivity index (χ3v) is 0.659. The van der Waals surface area contributed by atoms with E-state index in [-0.39, 0.29) is 6.23 Å². The SMILES string of the molecule is CN([O-])NC1CO1. The van der Waals surface area contributed by atoms with Crippen molar-refractivity contribution >= 4 is 0 Å². The summed E-state index contributed by atoms with van der Waals surface area (Å²) in [6.45, 7) is 0.659. The Hall–Kier alpha value is -0.160. The number of hydrazine groups is 1. The molecule has 0 aromatic heterocycles. The smallest absolute Gasteiger partial charge is 0.143 e. The van der Waals surface area contributed by atoms with Crippen molar-refractivity contribution in [3.05, 3.63) is 5.21 Å². The van der Waals surface area contributed by atoms with E-state index in [2.05, 4.69) is 10.2 Å². The van der Waals surface area contributed by atoms with Crippen molar-refractivity contribution in [1.82, 2.24) is 10.6 Å². The van der Waals surface area contributed by atoms with Crippen LogP contribution in [-0.4, -0.2) is 25.1 Å². The molecule has 0 aromatic rings. The minimum atomic E-state index is -0.0116. The fraction of sp³-hybridized carbons (Fsp3) is 1.00. The predicted molar refractivity (Wildman–Crippen MR) is 24.0 cm³/mol. The second-order valence-corrected chi connectivity index (χ2v) is 1.45. The van der Waals surface area contributed by atoms with Crippen LogP contribution in [0, 0.1) is 5.21 Å². The first kappa shape index (κ1) is 4.99. The second-order valence-electron chi connectivity index (χ2n) is 1.45. The highest BCUT2D eigenvalue weighted by atomic mass is 16.6. The average molecular weight is 103 g/mol. The van der Waals surface area contributed by atoms with Gasteiger partial charge < -0.3 is 15.1 Å². The first-order chi connectivity index (χ1) is 3.29. The van der Waals surface area contributed by atoms with Crippen molar-refractivity contribution in [2.24, 2.45) is 0 Å². The summed E-state index contributed by atoms with van der Waals surface area (Å²) in [5.41, 5.74) is 2.47. The van der Waals surface area contributed by atoms with Gasteiger partial charge in [0.05, 0.1) is 6.61 Å². The fourth-order valence-corrected chi connectivity index (χ4v) is 0.325. The monoisotopic (exact) mass is 103 g/mol. The molecule has 1 rings (SSSR count). The zero-order valence-electron chi connectivity index (χ0n) is 4.05. The maximum absolute atomic E-state index is 10.0. The van der Waals surface area contributed by atoms with Gasteiger partial charge >= 0.3 is 0 Å². The molecule has 0 bridgehead atoms. The molecule has 1 aliphatic heterocycles. The Morgan fingerprint density at radius 2 is 2.57 bits per heavy atom. The summed E-state index contributed by atoms with van der Waals surface area (Å²) < 4.78 is 4.67. The Morgan fingerprint density at radius 1 is 2.00 bits per heavy atom. The number of epoxide rings is 1. The Morgan fingerprint density at radius 3 is 2.71 bits per heavy atom. The molecule has 0 aromatic carbocycles. The first-order valence-corrected chi connectivity index (χ1v) is 2.07. The summed E-state index contributed by atoms with van der Waals surface area (Å²) in [6, 6.07) is 0. The molecule has 0 radical (unpaired) electrons. The molecular formula is C3H7N2O2-. The van der Waals surface area contributed by atoms with Crippen LogP contribution in [0.5, 0.6) is 0 Å². The van der Waals surface area contributed by atoms with Gasteiger partial charge in [0.1, 0.15) is 6.23 Å². The van der Waals surface area contributed by atoms with E-state index in [1.165, 1.54) is 7.05 Å². The lowest BCUT2D eigenvalue weighted by molar-refractivity contribution is 0.245. The van der Waals surface area contributed by atoms with Crippen molar-refractivity contribution in [2.45, 2.75) is 6.23 Å². The largest absolute Gasteiger partial charge is 0.772 e. The highest BCUT2D eigenvalue weighted by molar-refractivity contribution is 4.62. The highest BCUT2D eigenvalue weighted by Crippen LogP contribution is 2.02. The average Bonchev–Trinajstić information content (AvgIpc) is 2.17. The maximum atomic E-state index is 10.0. The van der Waals surface area contributed by atoms with E-state index in [0.29, 0.717) is 11.8 Å². The molecule has 7 heavy (non-hydrogen) atoms. The number of nitrogens with one attached hydrogen (secondary N) is 1. The van der Waals surface area contributed by atoms with E-state index in [9.17, 15) is 5.21 Å². The molecule has 1 N–H and O–H groups in total. The summed E-state index contributed by atoms with van der Waals surface area (Å²) in [7, 11) is 1.39. The van der Waals surface area contributed by atoms with Gasteiger partial charge in [-0.25, -0.2) is 5.43 Å². The zero-order chi connectivity index (χ0) is 5.28. The van der Waals surface area contributed by atoms with E-state index in [1.54, 1.807) is 0 Å². The van der Waals surface area contributed by atoms with Crippen LogP contribution in [0.15, 0.2) is 0 Å². The Bertz CT molecular complexity index is 62.0. The summed E-state index contributed by atoms with van der Waals surface area (Å²) in [4.78, 5) is 0. The van der Waals surface area contributed by atoms with Gasteiger partial charge in [-0.15, -0.1) is 0 Å². The molecular weight excluding hydrogens is 96.0 g/mol. The molecule has 1 heterocycles. The van der Waals surface area contributed by atoms with E-state index in [0.717, 1.165) is 0 Å². The zero-order valence-corrected chi connectivity index (χ0v) is 4.05. The molecule has 1 aliphatic rings. The molecule has 4 heteroatoms. The quantitative estimate of drug-likeness (QED) is 0.370. The Labute approximate surface area is 41.6 Å². The van der Waals surface area contributed by atoms with Gasteiger partial charge in [-0.2, -0.15) is 0 Å². The van der Waals surface area contributed by atoms with Gasteiger partial charge in [-0.05, 0) is 7.05 Å². The first-order valence-electron chi connectivity index (χ1n) is 2.07. The maximum Gasteiger partial charge on any atom is 0.143 e. The predicted octanol–water partition coefficient (Wildman–Crippen LogP) is -0.723. The molecule has 0 saturated carbocycles. The number of rotatable bonds is 2. The van der Waals surface area contributed by atoms with Crippen LogP contribution in [0.1, 0.15) is 0 Å². The van der Waals surface area contributed by atoms with Crippen LogP contribution in [-0.2, 0) is 4.74 Å². The van der Waals surface area contributed by atoms with Crippen LogP contribution >= 0.6 is 0 Å². The second kappa shape index (κ2) is 1.75. The standard InChI is InChI=1S/C3H7N2O2/c1-5(6)4-3-2-7-3/h3-4H,2H2,1H3/q-1. The van der Waals surface area contributed by atoms with E-state index in [1.807, 2.05) is 0 Å². The van der Waals surface area contributed by atoms with Crippen molar-refractivity contribution in [1.29, 1.82) is 0 Å². The van der Waals surface area contributed by atoms with Crippen molar-refractivity contribution in [2.75, 3.05) is 13.7 Å². The van der Waals surface area contributed by atoms with Crippen LogP contribution in [0.2, 0.25) is 0 Å². The molecule has 4 nitrogen and oxygen atoms in total. The summed E-state index contributed by atoms with van der Waals surface area (Å²) in [5, 5.41) is 10.7. The third kappa shape index (κ3) is 1.84. The number of hydrogen-bond donors (Lipinski definition) is 1. The lowest BCUT2D eigenvalue weighted by Crippen LogP contribution is -2.31. The van der Waals surface area contributed by atoms with Crippen LogP contribution in [0.25, 0.3) is 0 Å². The minimum absolute atomic E-state index is 0.0116. The summed E-state index contributed by atoms with van der Waals surface area (Å²) in [6.07, 6.45) is -0.0116. The van der Waals surface area contributed by atoms with Gasteiger partial charge in [0, 0.05) is 0 Å². The molecule has 1 saturated heterocycles. The van der Waals surface area contributed by atoms with Crippen LogP contribution < -0.4 is 5.43 Å². The van der Waals surface area contributed by atoms with Crippen LogP contribution in [0.3, 0.4) is 0 Å². The normalized spacial score (nSPS) is 28.7. The topological polar surface area (TPSA) is 50.9 Å². The van der Waals surface area contributed by atoms with Gasteiger partial charge in [0.25, 0.3) is 0 Å². The molecule has 42 valence electrons. The number of ether oxygens (including phenoxy) is 1. The van der Waals surface area contributed by atoms with E-state index < -0.39 is 0 Å². The lowest BCUT2D eigenvalue weighted by atomic mass is 10.8. The molecule has 0 aliphatic carbocycles. The van der Waals surface area contributed by atoms with Gasteiger partial charge in [-0.3, -0.25) is 0 Å². The number of nitrogens with zero attached hydrogens (tertiary/aromatic N) is 1. The van der Waals surface area contributed by atoms with Crippen molar-refractivity contribution in [3.63, 3.8) is 0 Å². The molecule has 1 unspecified atom stereocenters. The molecule has 1 atom stereocenters. The summed E-state index contributed by atoms with van der Waals surface area (Å²) in [5.74, 6) is 0. The van der Waals surface area contributed by atoms with Crippen LogP contribution in [0.4, 0.5) is 0 Å². The summed E-state index contributed by atoms with van der Waals surface area (Å²) >= 11 is 0. The molecule has 1 fully saturated rings. The van der Waals surface area contributed by atoms with Crippen molar-refractivity contribution < 1.29 is 4.74 Å². The Kier molecular flexibility index (Phi) is 1.25. The number of hydroxylamine groups is 1. The minimum Gasteiger partial charge on any atom is -0.772 e. The van der Waals surface area contributed by atoms with Crippen molar-refractivity contribution in [3.8, 4) is 0 Å². The third-order valence-electron chi connectivity index (χ3n) is 0.659. The molecule has 0 amide bonds. The fourth-order valence-electron chi connectivity index (χ4n) is 0.325. The van der Waals surface area contributed by atoms with Gasteiger partial charge in [0.15, 0.2) is 0 Å². The van der Waals surface area contributed by atoms with E-state index in [4.69, 9.17) is 0 Å².